The Labute approximate surface area is 157 Å². The molecule has 0 saturated carbocycles. The molecule has 142 valence electrons. The van der Waals surface area contributed by atoms with E-state index in [0.717, 1.165) is 16.7 Å². The van der Waals surface area contributed by atoms with Crippen molar-refractivity contribution >= 4 is 23.6 Å². The lowest BCUT2D eigenvalue weighted by atomic mass is 10.1. The van der Waals surface area contributed by atoms with Gasteiger partial charge in [-0.15, -0.1) is 0 Å². The molecule has 0 bridgehead atoms. The number of hydrogen-bond donors (Lipinski definition) is 2. The summed E-state index contributed by atoms with van der Waals surface area (Å²) in [6.45, 7) is 4.79. The van der Waals surface area contributed by atoms with Gasteiger partial charge in [0, 0.05) is 5.69 Å². The second-order valence-corrected chi connectivity index (χ2v) is 6.09. The van der Waals surface area contributed by atoms with Crippen LogP contribution in [0.1, 0.15) is 16.7 Å². The fourth-order valence-corrected chi connectivity index (χ4v) is 2.31. The molecule has 27 heavy (non-hydrogen) atoms. The Morgan fingerprint density at radius 3 is 2.37 bits per heavy atom. The number of urea groups is 1. The van der Waals surface area contributed by atoms with Gasteiger partial charge in [-0.25, -0.2) is 9.59 Å². The van der Waals surface area contributed by atoms with Crippen molar-refractivity contribution in [2.45, 2.75) is 20.8 Å². The molecule has 2 rings (SSSR count). The Morgan fingerprint density at radius 1 is 0.926 bits per heavy atom. The number of rotatable bonds is 6. The van der Waals surface area contributed by atoms with Crippen molar-refractivity contribution in [3.63, 3.8) is 0 Å². The van der Waals surface area contributed by atoms with Crippen LogP contribution < -0.4 is 15.4 Å². The van der Waals surface area contributed by atoms with Gasteiger partial charge in [0.25, 0.3) is 5.91 Å². The van der Waals surface area contributed by atoms with E-state index in [4.69, 9.17) is 9.47 Å². The van der Waals surface area contributed by atoms with E-state index in [1.54, 1.807) is 24.3 Å². The monoisotopic (exact) mass is 370 g/mol. The zero-order chi connectivity index (χ0) is 19.8. The van der Waals surface area contributed by atoms with Gasteiger partial charge in [-0.05, 0) is 50.1 Å². The van der Waals surface area contributed by atoms with Gasteiger partial charge in [0.15, 0.2) is 13.2 Å². The van der Waals surface area contributed by atoms with Crippen molar-refractivity contribution in [1.82, 2.24) is 5.32 Å². The number of aryl methyl sites for hydroxylation is 3. The maximum absolute atomic E-state index is 11.8. The number of amides is 3. The molecular formula is C20H22N2O5. The summed E-state index contributed by atoms with van der Waals surface area (Å²) in [4.78, 5) is 35.2. The fourth-order valence-electron chi connectivity index (χ4n) is 2.31. The second kappa shape index (κ2) is 9.38. The standard InChI is InChI=1S/C20H22N2O5/c1-13-5-4-6-16(10-13)26-12-19(24)27-11-18(23)22-20(25)21-17-8-7-14(2)9-15(17)3/h4-10H,11-12H2,1-3H3,(H2,21,22,23,25). The van der Waals surface area contributed by atoms with E-state index in [-0.39, 0.29) is 6.61 Å². The zero-order valence-corrected chi connectivity index (χ0v) is 15.5. The lowest BCUT2D eigenvalue weighted by molar-refractivity contribution is -0.150. The number of hydrogen-bond acceptors (Lipinski definition) is 5. The van der Waals surface area contributed by atoms with Crippen LogP contribution in [0, 0.1) is 20.8 Å². The zero-order valence-electron chi connectivity index (χ0n) is 15.5. The van der Waals surface area contributed by atoms with E-state index >= 15 is 0 Å². The highest BCUT2D eigenvalue weighted by molar-refractivity contribution is 6.02. The van der Waals surface area contributed by atoms with Gasteiger partial charge in [0.1, 0.15) is 5.75 Å². The molecule has 7 heteroatoms. The Morgan fingerprint density at radius 2 is 1.67 bits per heavy atom. The Balaban J connectivity index is 1.71. The molecule has 3 amide bonds. The molecule has 0 saturated heterocycles. The number of benzene rings is 2. The summed E-state index contributed by atoms with van der Waals surface area (Å²) >= 11 is 0. The highest BCUT2D eigenvalue weighted by Crippen LogP contribution is 2.15. The third-order valence-electron chi connectivity index (χ3n) is 3.59. The molecule has 0 aliphatic carbocycles. The van der Waals surface area contributed by atoms with Gasteiger partial charge in [0.05, 0.1) is 0 Å². The normalized spacial score (nSPS) is 10.0. The maximum Gasteiger partial charge on any atom is 0.344 e. The minimum atomic E-state index is -0.735. The summed E-state index contributed by atoms with van der Waals surface area (Å²) in [6.07, 6.45) is 0. The summed E-state index contributed by atoms with van der Waals surface area (Å²) in [7, 11) is 0. The first-order valence-electron chi connectivity index (χ1n) is 8.36. The van der Waals surface area contributed by atoms with Crippen LogP contribution in [0.3, 0.4) is 0 Å². The summed E-state index contributed by atoms with van der Waals surface area (Å²) in [5.74, 6) is -0.910. The second-order valence-electron chi connectivity index (χ2n) is 6.09. The first-order valence-corrected chi connectivity index (χ1v) is 8.36. The SMILES string of the molecule is Cc1cccc(OCC(=O)OCC(=O)NC(=O)Nc2ccc(C)cc2C)c1. The first-order chi connectivity index (χ1) is 12.8. The van der Waals surface area contributed by atoms with Crippen molar-refractivity contribution in [2.24, 2.45) is 0 Å². The third-order valence-corrected chi connectivity index (χ3v) is 3.59. The van der Waals surface area contributed by atoms with Gasteiger partial charge in [-0.1, -0.05) is 29.8 Å². The number of esters is 1. The summed E-state index contributed by atoms with van der Waals surface area (Å²) in [6, 6.07) is 12.0. The van der Waals surface area contributed by atoms with E-state index in [1.165, 1.54) is 0 Å². The van der Waals surface area contributed by atoms with E-state index in [2.05, 4.69) is 10.6 Å². The van der Waals surface area contributed by atoms with Gasteiger partial charge in [-0.3, -0.25) is 10.1 Å². The third kappa shape index (κ3) is 6.81. The highest BCUT2D eigenvalue weighted by Gasteiger charge is 2.12. The van der Waals surface area contributed by atoms with Crippen molar-refractivity contribution in [2.75, 3.05) is 18.5 Å². The quantitative estimate of drug-likeness (QED) is 0.763. The van der Waals surface area contributed by atoms with Crippen molar-refractivity contribution in [3.05, 3.63) is 59.2 Å². The molecule has 0 radical (unpaired) electrons. The first kappa shape index (κ1) is 20.0. The molecule has 7 nitrogen and oxygen atoms in total. The van der Waals surface area contributed by atoms with E-state index in [0.29, 0.717) is 11.4 Å². The highest BCUT2D eigenvalue weighted by atomic mass is 16.6. The maximum atomic E-state index is 11.8. The minimum absolute atomic E-state index is 0.328. The Bertz CT molecular complexity index is 848. The Kier molecular flexibility index (Phi) is 6.93. The van der Waals surface area contributed by atoms with Crippen LogP contribution >= 0.6 is 0 Å². The average Bonchev–Trinajstić information content (AvgIpc) is 2.60. The van der Waals surface area contributed by atoms with E-state index in [9.17, 15) is 14.4 Å². The Hall–Kier alpha value is -3.35. The molecule has 0 unspecified atom stereocenters. The minimum Gasteiger partial charge on any atom is -0.482 e. The van der Waals surface area contributed by atoms with Crippen LogP contribution in [-0.2, 0) is 14.3 Å². The van der Waals surface area contributed by atoms with Crippen LogP contribution in [0.25, 0.3) is 0 Å². The number of carbonyl (C=O) groups is 3. The smallest absolute Gasteiger partial charge is 0.344 e. The predicted octanol–water partition coefficient (Wildman–Crippen LogP) is 2.88. The lowest BCUT2D eigenvalue weighted by Crippen LogP contribution is -2.37. The van der Waals surface area contributed by atoms with E-state index < -0.39 is 24.5 Å². The molecule has 0 spiro atoms. The molecule has 0 aliphatic rings. The molecule has 0 aliphatic heterocycles. The number of nitrogens with one attached hydrogen (secondary N) is 2. The summed E-state index contributed by atoms with van der Waals surface area (Å²) in [5.41, 5.74) is 3.52. The predicted molar refractivity (Wildman–Crippen MR) is 101 cm³/mol. The molecular weight excluding hydrogens is 348 g/mol. The van der Waals surface area contributed by atoms with Crippen LogP contribution in [0.4, 0.5) is 10.5 Å². The van der Waals surface area contributed by atoms with Gasteiger partial charge in [-0.2, -0.15) is 0 Å². The van der Waals surface area contributed by atoms with Crippen LogP contribution in [-0.4, -0.2) is 31.1 Å². The van der Waals surface area contributed by atoms with Gasteiger partial charge in [0.2, 0.25) is 0 Å². The number of ether oxygens (including phenoxy) is 2. The lowest BCUT2D eigenvalue weighted by Gasteiger charge is -2.10. The average molecular weight is 370 g/mol. The number of carbonyl (C=O) groups excluding carboxylic acids is 3. The number of imide groups is 1. The van der Waals surface area contributed by atoms with Crippen molar-refractivity contribution in [3.8, 4) is 5.75 Å². The van der Waals surface area contributed by atoms with Crippen molar-refractivity contribution in [1.29, 1.82) is 0 Å². The summed E-state index contributed by atoms with van der Waals surface area (Å²) < 4.78 is 10.1. The number of anilines is 1. The van der Waals surface area contributed by atoms with Crippen LogP contribution in [0.5, 0.6) is 5.75 Å². The van der Waals surface area contributed by atoms with Crippen LogP contribution in [0.15, 0.2) is 42.5 Å². The molecule has 0 fully saturated rings. The van der Waals surface area contributed by atoms with Crippen LogP contribution in [0.2, 0.25) is 0 Å². The van der Waals surface area contributed by atoms with Crippen molar-refractivity contribution < 1.29 is 23.9 Å². The van der Waals surface area contributed by atoms with E-state index in [1.807, 2.05) is 39.0 Å². The molecule has 2 aromatic rings. The van der Waals surface area contributed by atoms with Gasteiger partial charge < -0.3 is 14.8 Å². The summed E-state index contributed by atoms with van der Waals surface area (Å²) in [5, 5.41) is 4.67. The largest absolute Gasteiger partial charge is 0.482 e. The molecule has 2 N–H and O–H groups in total. The molecule has 0 aromatic heterocycles. The molecule has 0 atom stereocenters. The topological polar surface area (TPSA) is 93.7 Å². The molecule has 0 heterocycles. The van der Waals surface area contributed by atoms with Gasteiger partial charge >= 0.3 is 12.0 Å². The molecule has 2 aromatic carbocycles. The fraction of sp³-hybridized carbons (Fsp3) is 0.250.